The summed E-state index contributed by atoms with van der Waals surface area (Å²) < 4.78 is 11.2. The van der Waals surface area contributed by atoms with Gasteiger partial charge in [-0.15, -0.1) is 0 Å². The number of nitrogens with two attached hydrogens (primary N) is 1. The minimum absolute atomic E-state index is 0.0389. The Morgan fingerprint density at radius 3 is 2.50 bits per heavy atom. The van der Waals surface area contributed by atoms with Gasteiger partial charge in [-0.3, -0.25) is 0 Å². The summed E-state index contributed by atoms with van der Waals surface area (Å²) in [5.74, 6) is 1.72. The zero-order chi connectivity index (χ0) is 14.5. The van der Waals surface area contributed by atoms with Gasteiger partial charge in [0.1, 0.15) is 18.1 Å². The van der Waals surface area contributed by atoms with Gasteiger partial charge in [0.2, 0.25) is 0 Å². The highest BCUT2D eigenvalue weighted by Crippen LogP contribution is 2.24. The van der Waals surface area contributed by atoms with Crippen LogP contribution in [0, 0.1) is 6.92 Å². The van der Waals surface area contributed by atoms with E-state index in [4.69, 9.17) is 15.2 Å². The lowest BCUT2D eigenvalue weighted by Gasteiger charge is -2.13. The quantitative estimate of drug-likeness (QED) is 0.903. The molecule has 0 aromatic heterocycles. The molecule has 106 valence electrons. The van der Waals surface area contributed by atoms with Gasteiger partial charge in [0, 0.05) is 11.6 Å². The summed E-state index contributed by atoms with van der Waals surface area (Å²) in [6, 6.07) is 14.0. The van der Waals surface area contributed by atoms with Gasteiger partial charge in [-0.2, -0.15) is 0 Å². The fraction of sp³-hybridized carbons (Fsp3) is 0.294. The van der Waals surface area contributed by atoms with E-state index < -0.39 is 0 Å². The number of aryl methyl sites for hydroxylation is 1. The Hall–Kier alpha value is -2.00. The van der Waals surface area contributed by atoms with Gasteiger partial charge in [0.25, 0.3) is 0 Å². The highest BCUT2D eigenvalue weighted by Gasteiger charge is 2.06. The minimum atomic E-state index is 0.0389. The van der Waals surface area contributed by atoms with Crippen LogP contribution in [-0.2, 0) is 6.61 Å². The van der Waals surface area contributed by atoms with Crippen LogP contribution in [0.25, 0.3) is 0 Å². The minimum Gasteiger partial charge on any atom is -0.496 e. The molecule has 1 atom stereocenters. The maximum absolute atomic E-state index is 5.88. The van der Waals surface area contributed by atoms with E-state index in [0.717, 1.165) is 28.2 Å². The first-order valence-corrected chi connectivity index (χ1v) is 6.72. The number of rotatable bonds is 5. The third-order valence-electron chi connectivity index (χ3n) is 3.30. The fourth-order valence-corrected chi connectivity index (χ4v) is 2.10. The number of hydrogen-bond acceptors (Lipinski definition) is 3. The molecular formula is C17H21NO2. The fourth-order valence-electron chi connectivity index (χ4n) is 2.10. The van der Waals surface area contributed by atoms with Crippen LogP contribution < -0.4 is 15.2 Å². The zero-order valence-corrected chi connectivity index (χ0v) is 12.2. The SMILES string of the molecule is COc1ccccc1COc1ccc([C@@H](C)N)cc1C. The molecule has 0 aliphatic carbocycles. The van der Waals surface area contributed by atoms with Gasteiger partial charge >= 0.3 is 0 Å². The zero-order valence-electron chi connectivity index (χ0n) is 12.2. The number of para-hydroxylation sites is 1. The molecule has 0 fully saturated rings. The Labute approximate surface area is 120 Å². The molecule has 0 aliphatic heterocycles. The summed E-state index contributed by atoms with van der Waals surface area (Å²) in [6.07, 6.45) is 0. The van der Waals surface area contributed by atoms with Crippen LogP contribution in [0.15, 0.2) is 42.5 Å². The summed E-state index contributed by atoms with van der Waals surface area (Å²) >= 11 is 0. The van der Waals surface area contributed by atoms with Crippen LogP contribution in [0.1, 0.15) is 29.7 Å². The Morgan fingerprint density at radius 1 is 1.10 bits per heavy atom. The largest absolute Gasteiger partial charge is 0.496 e. The smallest absolute Gasteiger partial charge is 0.125 e. The summed E-state index contributed by atoms with van der Waals surface area (Å²) in [5.41, 5.74) is 9.12. The van der Waals surface area contributed by atoms with Crippen LogP contribution in [-0.4, -0.2) is 7.11 Å². The lowest BCUT2D eigenvalue weighted by molar-refractivity contribution is 0.294. The molecule has 0 bridgehead atoms. The highest BCUT2D eigenvalue weighted by atomic mass is 16.5. The third-order valence-corrected chi connectivity index (χ3v) is 3.30. The lowest BCUT2D eigenvalue weighted by Crippen LogP contribution is -2.06. The second kappa shape index (κ2) is 6.44. The van der Waals surface area contributed by atoms with Crippen molar-refractivity contribution in [1.29, 1.82) is 0 Å². The Kier molecular flexibility index (Phi) is 4.64. The topological polar surface area (TPSA) is 44.5 Å². The second-order valence-electron chi connectivity index (χ2n) is 4.91. The van der Waals surface area contributed by atoms with Crippen LogP contribution in [0.4, 0.5) is 0 Å². The van der Waals surface area contributed by atoms with Crippen molar-refractivity contribution in [1.82, 2.24) is 0 Å². The van der Waals surface area contributed by atoms with E-state index in [2.05, 4.69) is 6.07 Å². The molecule has 2 rings (SSSR count). The van der Waals surface area contributed by atoms with Crippen LogP contribution in [0.3, 0.4) is 0 Å². The van der Waals surface area contributed by atoms with E-state index in [-0.39, 0.29) is 6.04 Å². The van der Waals surface area contributed by atoms with Crippen molar-refractivity contribution in [2.45, 2.75) is 26.5 Å². The standard InChI is InChI=1S/C17H21NO2/c1-12-10-14(13(2)18)8-9-16(12)20-11-15-6-4-5-7-17(15)19-3/h4-10,13H,11,18H2,1-3H3/t13-/m1/s1. The van der Waals surface area contributed by atoms with E-state index in [9.17, 15) is 0 Å². The summed E-state index contributed by atoms with van der Waals surface area (Å²) in [5, 5.41) is 0. The molecule has 2 N–H and O–H groups in total. The lowest BCUT2D eigenvalue weighted by atomic mass is 10.1. The third kappa shape index (κ3) is 3.31. The molecule has 0 unspecified atom stereocenters. The van der Waals surface area contributed by atoms with Gasteiger partial charge in [-0.25, -0.2) is 0 Å². The Balaban J connectivity index is 2.11. The molecule has 0 amide bonds. The van der Waals surface area contributed by atoms with Crippen molar-refractivity contribution in [3.8, 4) is 11.5 Å². The second-order valence-corrected chi connectivity index (χ2v) is 4.91. The van der Waals surface area contributed by atoms with Gasteiger partial charge in [0.15, 0.2) is 0 Å². The van der Waals surface area contributed by atoms with Crippen molar-refractivity contribution in [3.05, 3.63) is 59.2 Å². The molecule has 3 heteroatoms. The Morgan fingerprint density at radius 2 is 1.85 bits per heavy atom. The molecule has 3 nitrogen and oxygen atoms in total. The average molecular weight is 271 g/mol. The van der Waals surface area contributed by atoms with Crippen LogP contribution in [0.5, 0.6) is 11.5 Å². The molecular weight excluding hydrogens is 250 g/mol. The number of ether oxygens (including phenoxy) is 2. The maximum atomic E-state index is 5.88. The molecule has 0 aliphatic rings. The molecule has 0 saturated heterocycles. The average Bonchev–Trinajstić information content (AvgIpc) is 2.46. The highest BCUT2D eigenvalue weighted by molar-refractivity contribution is 5.38. The predicted molar refractivity (Wildman–Crippen MR) is 81.1 cm³/mol. The molecule has 0 radical (unpaired) electrons. The van der Waals surface area contributed by atoms with Crippen molar-refractivity contribution >= 4 is 0 Å². The van der Waals surface area contributed by atoms with Crippen LogP contribution in [0.2, 0.25) is 0 Å². The molecule has 0 saturated carbocycles. The molecule has 20 heavy (non-hydrogen) atoms. The van der Waals surface area contributed by atoms with Crippen molar-refractivity contribution in [2.75, 3.05) is 7.11 Å². The summed E-state index contributed by atoms with van der Waals surface area (Å²) in [6.45, 7) is 4.50. The first-order valence-electron chi connectivity index (χ1n) is 6.72. The summed E-state index contributed by atoms with van der Waals surface area (Å²) in [7, 11) is 1.67. The predicted octanol–water partition coefficient (Wildman–Crippen LogP) is 3.60. The first-order chi connectivity index (χ1) is 9.61. The Bertz CT molecular complexity index is 579. The van der Waals surface area contributed by atoms with E-state index in [1.54, 1.807) is 7.11 Å². The molecule has 0 heterocycles. The van der Waals surface area contributed by atoms with E-state index in [0.29, 0.717) is 6.61 Å². The molecule has 0 spiro atoms. The van der Waals surface area contributed by atoms with Crippen LogP contribution >= 0.6 is 0 Å². The van der Waals surface area contributed by atoms with E-state index >= 15 is 0 Å². The van der Waals surface area contributed by atoms with E-state index in [1.807, 2.05) is 50.2 Å². The van der Waals surface area contributed by atoms with Crippen molar-refractivity contribution in [2.24, 2.45) is 5.73 Å². The molecule has 2 aromatic rings. The summed E-state index contributed by atoms with van der Waals surface area (Å²) in [4.78, 5) is 0. The van der Waals surface area contributed by atoms with E-state index in [1.165, 1.54) is 0 Å². The monoisotopic (exact) mass is 271 g/mol. The normalized spacial score (nSPS) is 12.0. The van der Waals surface area contributed by atoms with Crippen molar-refractivity contribution in [3.63, 3.8) is 0 Å². The van der Waals surface area contributed by atoms with Gasteiger partial charge in [0.05, 0.1) is 7.11 Å². The van der Waals surface area contributed by atoms with Gasteiger partial charge < -0.3 is 15.2 Å². The molecule has 2 aromatic carbocycles. The maximum Gasteiger partial charge on any atom is 0.125 e. The number of benzene rings is 2. The van der Waals surface area contributed by atoms with Gasteiger partial charge in [-0.05, 0) is 37.1 Å². The van der Waals surface area contributed by atoms with Crippen molar-refractivity contribution < 1.29 is 9.47 Å². The number of methoxy groups -OCH3 is 1. The first kappa shape index (κ1) is 14.4. The van der Waals surface area contributed by atoms with Gasteiger partial charge in [-0.1, -0.05) is 30.3 Å². The number of hydrogen-bond donors (Lipinski definition) is 1.